The van der Waals surface area contributed by atoms with Gasteiger partial charge < -0.3 is 15.2 Å². The van der Waals surface area contributed by atoms with Gasteiger partial charge in [-0.15, -0.1) is 6.58 Å². The van der Waals surface area contributed by atoms with Gasteiger partial charge in [0.25, 0.3) is 0 Å². The first-order chi connectivity index (χ1) is 18.4. The van der Waals surface area contributed by atoms with Crippen molar-refractivity contribution in [2.45, 2.75) is 55.8 Å². The molecule has 0 radical (unpaired) electrons. The summed E-state index contributed by atoms with van der Waals surface area (Å²) < 4.78 is 44.4. The van der Waals surface area contributed by atoms with Gasteiger partial charge in [-0.3, -0.25) is 14.5 Å². The van der Waals surface area contributed by atoms with E-state index in [2.05, 4.69) is 16.8 Å². The minimum atomic E-state index is -4.46. The summed E-state index contributed by atoms with van der Waals surface area (Å²) in [7, 11) is 0. The van der Waals surface area contributed by atoms with E-state index in [1.807, 2.05) is 6.07 Å². The van der Waals surface area contributed by atoms with Crippen molar-refractivity contribution in [3.05, 3.63) is 84.0 Å². The van der Waals surface area contributed by atoms with E-state index in [0.29, 0.717) is 51.1 Å². The summed E-state index contributed by atoms with van der Waals surface area (Å²) in [4.78, 5) is 26.5. The predicted molar refractivity (Wildman–Crippen MR) is 142 cm³/mol. The lowest BCUT2D eigenvalue weighted by molar-refractivity contribution is -0.137. The largest absolute Gasteiger partial charge is 0.427 e. The minimum absolute atomic E-state index is 0.270. The monoisotopic (exact) mass is 542 g/mol. The number of rotatable bonds is 7. The highest BCUT2D eigenvalue weighted by atomic mass is 19.4. The van der Waals surface area contributed by atoms with E-state index in [4.69, 9.17) is 4.74 Å². The molecule has 1 saturated carbocycles. The van der Waals surface area contributed by atoms with Crippen LogP contribution in [-0.2, 0) is 21.2 Å². The van der Waals surface area contributed by atoms with Crippen LogP contribution in [0.3, 0.4) is 0 Å². The Morgan fingerprint density at radius 3 is 2.69 bits per heavy atom. The summed E-state index contributed by atoms with van der Waals surface area (Å²) in [5.41, 5.74) is -1.47. The van der Waals surface area contributed by atoms with E-state index in [1.54, 1.807) is 24.3 Å². The third-order valence-corrected chi connectivity index (χ3v) is 7.76. The van der Waals surface area contributed by atoms with E-state index in [9.17, 15) is 27.9 Å². The van der Waals surface area contributed by atoms with Gasteiger partial charge in [0.05, 0.1) is 11.2 Å². The van der Waals surface area contributed by atoms with Crippen LogP contribution in [0.25, 0.3) is 6.08 Å². The van der Waals surface area contributed by atoms with Gasteiger partial charge >= 0.3 is 12.1 Å². The Morgan fingerprint density at radius 2 is 1.97 bits per heavy atom. The number of β-amino-alcohol motifs (C(OH)–C–C–N with tert-alkyl or cyclic N) is 1. The number of hydrogen-bond donors (Lipinski definition) is 2. The fourth-order valence-corrected chi connectivity index (χ4v) is 5.98. The molecular weight excluding hydrogens is 509 g/mol. The van der Waals surface area contributed by atoms with Crippen molar-refractivity contribution < 1.29 is 32.6 Å². The molecule has 0 aromatic heterocycles. The second-order valence-corrected chi connectivity index (χ2v) is 10.4. The number of alkyl halides is 3. The lowest BCUT2D eigenvalue weighted by atomic mass is 9.55. The molecule has 0 bridgehead atoms. The molecule has 1 heterocycles. The maximum Gasteiger partial charge on any atom is 0.416 e. The number of nitrogens with one attached hydrogen (secondary N) is 1. The number of fused-ring (bicyclic) bond motifs is 1. The molecular formula is C30H33F3N2O4. The number of carbonyl (C=O) groups is 2. The van der Waals surface area contributed by atoms with E-state index >= 15 is 0 Å². The molecule has 1 aliphatic heterocycles. The van der Waals surface area contributed by atoms with Crippen molar-refractivity contribution >= 4 is 18.0 Å². The number of esters is 1. The quantitative estimate of drug-likeness (QED) is 0.226. The summed E-state index contributed by atoms with van der Waals surface area (Å²) in [6.07, 6.45) is 1.97. The van der Waals surface area contributed by atoms with E-state index in [1.165, 1.54) is 31.2 Å². The molecule has 0 spiro atoms. The molecule has 1 saturated heterocycles. The number of amides is 1. The molecule has 3 unspecified atom stereocenters. The summed E-state index contributed by atoms with van der Waals surface area (Å²) >= 11 is 0. The Hall–Kier alpha value is -3.43. The van der Waals surface area contributed by atoms with Gasteiger partial charge in [0.15, 0.2) is 0 Å². The molecule has 39 heavy (non-hydrogen) atoms. The summed E-state index contributed by atoms with van der Waals surface area (Å²) in [6.45, 7) is 6.94. The number of hydrogen-bond acceptors (Lipinski definition) is 5. The number of benzene rings is 2. The van der Waals surface area contributed by atoms with Crippen LogP contribution in [0.4, 0.5) is 13.2 Å². The average Bonchev–Trinajstić information content (AvgIpc) is 2.87. The van der Waals surface area contributed by atoms with Crippen molar-refractivity contribution in [3.63, 3.8) is 0 Å². The number of ether oxygens (including phenoxy) is 1. The van der Waals surface area contributed by atoms with Crippen molar-refractivity contribution in [2.24, 2.45) is 0 Å². The molecule has 2 N–H and O–H groups in total. The standard InChI is InChI=1S/C30H33F3N2O4/c1-3-15-35-16-14-28(23-7-5-9-26(18-23)39-21(2)36)19-25(12-13-29(28,38)20-35)34-27(37)11-10-22-6-4-8-24(17-22)30(31,32)33/h3-11,17-18,25,38H,1,12-16,19-20H2,2H3,(H,34,37)/b11-10+. The lowest BCUT2D eigenvalue weighted by Crippen LogP contribution is -2.67. The SMILES string of the molecule is C=CCN1CCC2(c3cccc(OC(C)=O)c3)CC(NC(=O)/C=C/c3cccc(C(F)(F)F)c3)CCC2(O)C1. The second kappa shape index (κ2) is 11.4. The second-order valence-electron chi connectivity index (χ2n) is 10.4. The molecule has 2 aromatic carbocycles. The van der Waals surface area contributed by atoms with E-state index in [0.717, 1.165) is 17.7 Å². The highest BCUT2D eigenvalue weighted by Crippen LogP contribution is 2.52. The van der Waals surface area contributed by atoms with E-state index in [-0.39, 0.29) is 11.6 Å². The fraction of sp³-hybridized carbons (Fsp3) is 0.400. The van der Waals surface area contributed by atoms with Gasteiger partial charge in [-0.05, 0) is 73.7 Å². The van der Waals surface area contributed by atoms with Gasteiger partial charge in [0, 0.05) is 37.5 Å². The minimum Gasteiger partial charge on any atom is -0.427 e. The van der Waals surface area contributed by atoms with Crippen LogP contribution in [0, 0.1) is 0 Å². The third-order valence-electron chi connectivity index (χ3n) is 7.76. The lowest BCUT2D eigenvalue weighted by Gasteiger charge is -2.58. The molecule has 9 heteroatoms. The Labute approximate surface area is 226 Å². The number of carbonyl (C=O) groups excluding carboxylic acids is 2. The van der Waals surface area contributed by atoms with Crippen LogP contribution in [-0.4, -0.2) is 53.2 Å². The molecule has 2 aromatic rings. The van der Waals surface area contributed by atoms with Crippen molar-refractivity contribution in [1.82, 2.24) is 10.2 Å². The zero-order valence-corrected chi connectivity index (χ0v) is 21.8. The highest BCUT2D eigenvalue weighted by Gasteiger charge is 2.57. The van der Waals surface area contributed by atoms with Crippen LogP contribution >= 0.6 is 0 Å². The summed E-state index contributed by atoms with van der Waals surface area (Å²) in [5.74, 6) is -0.474. The Morgan fingerprint density at radius 1 is 1.21 bits per heavy atom. The first-order valence-corrected chi connectivity index (χ1v) is 12.9. The molecule has 3 atom stereocenters. The maximum atomic E-state index is 13.0. The fourth-order valence-electron chi connectivity index (χ4n) is 5.98. The van der Waals surface area contributed by atoms with Crippen LogP contribution in [0.1, 0.15) is 49.3 Å². The number of nitrogens with zero attached hydrogens (tertiary/aromatic N) is 1. The molecule has 2 aliphatic rings. The maximum absolute atomic E-state index is 13.0. The van der Waals surface area contributed by atoms with Gasteiger partial charge in [-0.25, -0.2) is 0 Å². The third kappa shape index (κ3) is 6.42. The zero-order valence-electron chi connectivity index (χ0n) is 21.8. The summed E-state index contributed by atoms with van der Waals surface area (Å²) in [6, 6.07) is 11.7. The molecule has 208 valence electrons. The number of aliphatic hydroxyl groups is 1. The molecule has 2 fully saturated rings. The average molecular weight is 543 g/mol. The smallest absolute Gasteiger partial charge is 0.416 e. The van der Waals surface area contributed by atoms with Crippen molar-refractivity contribution in [3.8, 4) is 5.75 Å². The molecule has 1 aliphatic carbocycles. The van der Waals surface area contributed by atoms with Gasteiger partial charge in [-0.1, -0.05) is 30.3 Å². The van der Waals surface area contributed by atoms with Gasteiger partial charge in [0.2, 0.25) is 5.91 Å². The Bertz CT molecular complexity index is 1260. The van der Waals surface area contributed by atoms with Crippen LogP contribution in [0.15, 0.2) is 67.3 Å². The normalized spacial score (nSPS) is 25.6. The van der Waals surface area contributed by atoms with Gasteiger partial charge in [-0.2, -0.15) is 13.2 Å². The first-order valence-electron chi connectivity index (χ1n) is 12.9. The van der Waals surface area contributed by atoms with Crippen LogP contribution in [0.5, 0.6) is 5.75 Å². The highest BCUT2D eigenvalue weighted by molar-refractivity contribution is 5.92. The van der Waals surface area contributed by atoms with Crippen molar-refractivity contribution in [2.75, 3.05) is 19.6 Å². The molecule has 1 amide bonds. The predicted octanol–water partition coefficient (Wildman–Crippen LogP) is 4.87. The number of halogens is 3. The Kier molecular flexibility index (Phi) is 8.32. The zero-order chi connectivity index (χ0) is 28.3. The van der Waals surface area contributed by atoms with Crippen LogP contribution < -0.4 is 10.1 Å². The molecule has 4 rings (SSSR count). The van der Waals surface area contributed by atoms with Crippen LogP contribution in [0.2, 0.25) is 0 Å². The van der Waals surface area contributed by atoms with E-state index < -0.39 is 34.6 Å². The first kappa shape index (κ1) is 28.6. The van der Waals surface area contributed by atoms with Crippen molar-refractivity contribution in [1.29, 1.82) is 0 Å². The number of likely N-dealkylation sites (tertiary alicyclic amines) is 1. The van der Waals surface area contributed by atoms with Gasteiger partial charge in [0.1, 0.15) is 5.75 Å². The Balaban J connectivity index is 1.56. The summed E-state index contributed by atoms with van der Waals surface area (Å²) in [5, 5.41) is 15.0. The molecule has 6 nitrogen and oxygen atoms in total. The number of piperidine rings is 1. The topological polar surface area (TPSA) is 78.9 Å².